The van der Waals surface area contributed by atoms with Gasteiger partial charge in [0.05, 0.1) is 20.6 Å². The number of thiazole rings is 1. The van der Waals surface area contributed by atoms with Crippen molar-refractivity contribution in [3.63, 3.8) is 0 Å². The molecule has 33 heavy (non-hydrogen) atoms. The van der Waals surface area contributed by atoms with Crippen LogP contribution in [-0.4, -0.2) is 51.1 Å². The van der Waals surface area contributed by atoms with E-state index >= 15 is 0 Å². The first-order valence-corrected chi connectivity index (χ1v) is 12.5. The number of thioether (sulfide) groups is 1. The van der Waals surface area contributed by atoms with Gasteiger partial charge in [0, 0.05) is 18.8 Å². The zero-order chi connectivity index (χ0) is 22.9. The van der Waals surface area contributed by atoms with Crippen LogP contribution in [0.2, 0.25) is 0 Å². The van der Waals surface area contributed by atoms with Gasteiger partial charge in [-0.25, -0.2) is 4.98 Å². The third-order valence-electron chi connectivity index (χ3n) is 5.50. The number of fused-ring (bicyclic) bond motifs is 1. The third kappa shape index (κ3) is 4.26. The molecule has 5 rings (SSSR count). The van der Waals surface area contributed by atoms with Crippen molar-refractivity contribution >= 4 is 45.9 Å². The van der Waals surface area contributed by atoms with Crippen molar-refractivity contribution < 1.29 is 14.1 Å². The Bertz CT molecular complexity index is 1350. The summed E-state index contributed by atoms with van der Waals surface area (Å²) in [5.74, 6) is 0.388. The van der Waals surface area contributed by atoms with Crippen molar-refractivity contribution in [3.05, 3.63) is 70.5 Å². The summed E-state index contributed by atoms with van der Waals surface area (Å²) in [5, 5.41) is 8.18. The van der Waals surface area contributed by atoms with E-state index in [1.807, 2.05) is 44.2 Å². The Hall–Kier alpha value is -3.17. The number of nitrogens with zero attached hydrogens (tertiary/aromatic N) is 3. The van der Waals surface area contributed by atoms with E-state index in [-0.39, 0.29) is 22.9 Å². The molecule has 1 aliphatic rings. The molecule has 0 bridgehead atoms. The Labute approximate surface area is 199 Å². The highest BCUT2D eigenvalue weighted by Gasteiger charge is 2.33. The Kier molecular flexibility index (Phi) is 5.90. The average Bonchev–Trinajstić information content (AvgIpc) is 3.55. The van der Waals surface area contributed by atoms with Crippen LogP contribution < -0.4 is 5.32 Å². The van der Waals surface area contributed by atoms with Crippen molar-refractivity contribution in [3.8, 4) is 10.4 Å². The molecule has 1 saturated heterocycles. The lowest BCUT2D eigenvalue weighted by Crippen LogP contribution is -2.42. The maximum atomic E-state index is 13.5. The molecule has 7 nitrogen and oxygen atoms in total. The lowest BCUT2D eigenvalue weighted by atomic mass is 10.1. The number of aryl methyl sites for hydroxylation is 2. The molecule has 3 heterocycles. The number of hydrogen-bond donors (Lipinski definition) is 1. The first-order valence-electron chi connectivity index (χ1n) is 10.6. The van der Waals surface area contributed by atoms with Crippen molar-refractivity contribution in [2.24, 2.45) is 0 Å². The minimum atomic E-state index is -0.315. The van der Waals surface area contributed by atoms with Crippen molar-refractivity contribution in [2.75, 3.05) is 18.8 Å². The molecule has 0 saturated carbocycles. The number of benzene rings is 2. The summed E-state index contributed by atoms with van der Waals surface area (Å²) < 4.78 is 5.24. The van der Waals surface area contributed by atoms with Crippen LogP contribution in [0.4, 0.5) is 0 Å². The number of para-hydroxylation sites is 1. The van der Waals surface area contributed by atoms with Gasteiger partial charge >= 0.3 is 0 Å². The SMILES string of the molecule is Cc1cccc(-c2sc(C)nc2C(=O)N2CCSC2CNC(=O)c2noc3ccccc23)c1. The smallest absolute Gasteiger partial charge is 0.274 e. The van der Waals surface area contributed by atoms with E-state index in [4.69, 9.17) is 4.52 Å². The number of aromatic nitrogens is 2. The second-order valence-corrected chi connectivity index (χ2v) is 10.3. The highest BCUT2D eigenvalue weighted by Crippen LogP contribution is 2.34. The van der Waals surface area contributed by atoms with Crippen LogP contribution in [0.3, 0.4) is 0 Å². The minimum absolute atomic E-state index is 0.105. The van der Waals surface area contributed by atoms with Gasteiger partial charge < -0.3 is 14.7 Å². The maximum absolute atomic E-state index is 13.5. The Morgan fingerprint density at radius 3 is 2.85 bits per heavy atom. The molecule has 2 aromatic carbocycles. The Morgan fingerprint density at radius 2 is 2.00 bits per heavy atom. The Balaban J connectivity index is 1.33. The predicted molar refractivity (Wildman–Crippen MR) is 131 cm³/mol. The molecule has 9 heteroatoms. The maximum Gasteiger partial charge on any atom is 0.274 e. The van der Waals surface area contributed by atoms with Crippen LogP contribution in [0.1, 0.15) is 31.5 Å². The molecule has 0 spiro atoms. The van der Waals surface area contributed by atoms with E-state index in [0.717, 1.165) is 26.8 Å². The summed E-state index contributed by atoms with van der Waals surface area (Å²) >= 11 is 3.18. The Morgan fingerprint density at radius 1 is 1.15 bits per heavy atom. The second-order valence-electron chi connectivity index (χ2n) is 7.84. The van der Waals surface area contributed by atoms with Gasteiger partial charge in [0.2, 0.25) is 0 Å². The monoisotopic (exact) mass is 478 g/mol. The number of rotatable bonds is 5. The number of carbonyl (C=O) groups is 2. The van der Waals surface area contributed by atoms with Gasteiger partial charge in [-0.15, -0.1) is 23.1 Å². The van der Waals surface area contributed by atoms with Crippen LogP contribution in [0.5, 0.6) is 0 Å². The van der Waals surface area contributed by atoms with Crippen LogP contribution in [0.25, 0.3) is 21.4 Å². The highest BCUT2D eigenvalue weighted by atomic mass is 32.2. The van der Waals surface area contributed by atoms with Gasteiger partial charge in [-0.3, -0.25) is 9.59 Å². The second kappa shape index (κ2) is 8.99. The van der Waals surface area contributed by atoms with Crippen LogP contribution in [-0.2, 0) is 0 Å². The standard InChI is InChI=1S/C24H22N4O3S2/c1-14-6-5-7-16(12-14)22-21(26-15(2)33-22)24(30)28-10-11-32-19(28)13-25-23(29)20-17-8-3-4-9-18(17)31-27-20/h3-9,12,19H,10-11,13H2,1-2H3,(H,25,29). The zero-order valence-electron chi connectivity index (χ0n) is 18.2. The minimum Gasteiger partial charge on any atom is -0.355 e. The fraction of sp³-hybridized carbons (Fsp3) is 0.250. The third-order valence-corrected chi connectivity index (χ3v) is 7.74. The molecule has 0 radical (unpaired) electrons. The van der Waals surface area contributed by atoms with Crippen molar-refractivity contribution in [2.45, 2.75) is 19.2 Å². The number of hydrogen-bond acceptors (Lipinski definition) is 7. The van der Waals surface area contributed by atoms with Crippen molar-refractivity contribution in [1.29, 1.82) is 0 Å². The van der Waals surface area contributed by atoms with Gasteiger partial charge in [0.25, 0.3) is 11.8 Å². The van der Waals surface area contributed by atoms with Gasteiger partial charge in [0.15, 0.2) is 11.3 Å². The quantitative estimate of drug-likeness (QED) is 0.454. The fourth-order valence-electron chi connectivity index (χ4n) is 3.93. The summed E-state index contributed by atoms with van der Waals surface area (Å²) in [4.78, 5) is 33.5. The number of amides is 2. The van der Waals surface area contributed by atoms with Crippen LogP contribution in [0, 0.1) is 13.8 Å². The molecule has 1 aliphatic heterocycles. The van der Waals surface area contributed by atoms with Crippen molar-refractivity contribution in [1.82, 2.24) is 20.4 Å². The van der Waals surface area contributed by atoms with E-state index in [1.165, 1.54) is 11.3 Å². The van der Waals surface area contributed by atoms with Crippen LogP contribution in [0.15, 0.2) is 53.1 Å². The molecule has 2 aromatic heterocycles. The summed E-state index contributed by atoms with van der Waals surface area (Å²) in [7, 11) is 0. The number of carbonyl (C=O) groups excluding carboxylic acids is 2. The van der Waals surface area contributed by atoms with E-state index in [2.05, 4.69) is 21.5 Å². The van der Waals surface area contributed by atoms with E-state index in [9.17, 15) is 9.59 Å². The van der Waals surface area contributed by atoms with Crippen LogP contribution >= 0.6 is 23.1 Å². The van der Waals surface area contributed by atoms with E-state index in [1.54, 1.807) is 28.8 Å². The molecule has 1 N–H and O–H groups in total. The average molecular weight is 479 g/mol. The topological polar surface area (TPSA) is 88.3 Å². The van der Waals surface area contributed by atoms with Gasteiger partial charge in [-0.1, -0.05) is 47.1 Å². The van der Waals surface area contributed by atoms with Gasteiger partial charge in [-0.2, -0.15) is 0 Å². The lowest BCUT2D eigenvalue weighted by Gasteiger charge is -2.23. The number of nitrogens with one attached hydrogen (secondary N) is 1. The summed E-state index contributed by atoms with van der Waals surface area (Å²) in [6.45, 7) is 4.88. The molecule has 2 amide bonds. The molecule has 0 aliphatic carbocycles. The molecule has 1 fully saturated rings. The van der Waals surface area contributed by atoms with Gasteiger partial charge in [-0.05, 0) is 31.5 Å². The molecule has 1 atom stereocenters. The lowest BCUT2D eigenvalue weighted by molar-refractivity contribution is 0.0746. The largest absolute Gasteiger partial charge is 0.355 e. The van der Waals surface area contributed by atoms with Gasteiger partial charge in [0.1, 0.15) is 5.69 Å². The fourth-order valence-corrected chi connectivity index (χ4v) is 5.99. The molecule has 168 valence electrons. The highest BCUT2D eigenvalue weighted by molar-refractivity contribution is 8.00. The molecule has 1 unspecified atom stereocenters. The first kappa shape index (κ1) is 21.7. The normalized spacial score (nSPS) is 15.8. The zero-order valence-corrected chi connectivity index (χ0v) is 19.8. The molecule has 4 aromatic rings. The van der Waals surface area contributed by atoms with E-state index in [0.29, 0.717) is 29.8 Å². The summed E-state index contributed by atoms with van der Waals surface area (Å²) in [6, 6.07) is 15.4. The predicted octanol–water partition coefficient (Wildman–Crippen LogP) is 4.51. The molecular weight excluding hydrogens is 456 g/mol. The molecular formula is C24H22N4O3S2. The van der Waals surface area contributed by atoms with E-state index < -0.39 is 0 Å². The first-order chi connectivity index (χ1) is 16.0. The summed E-state index contributed by atoms with van der Waals surface area (Å²) in [5.41, 5.74) is 3.43. The summed E-state index contributed by atoms with van der Waals surface area (Å²) in [6.07, 6.45) is 0.